The maximum Gasteiger partial charge on any atom is 0.407 e. The Balaban J connectivity index is 1.19. The second-order valence-corrected chi connectivity index (χ2v) is 8.76. The van der Waals surface area contributed by atoms with Crippen molar-refractivity contribution in [1.82, 2.24) is 10.6 Å². The van der Waals surface area contributed by atoms with E-state index in [2.05, 4.69) is 34.9 Å². The third kappa shape index (κ3) is 5.35. The predicted molar refractivity (Wildman–Crippen MR) is 124 cm³/mol. The average Bonchev–Trinajstić information content (AvgIpc) is 3.14. The van der Waals surface area contributed by atoms with Crippen molar-refractivity contribution in [3.05, 3.63) is 59.7 Å². The molecule has 1 saturated carbocycles. The Hall–Kier alpha value is -3.35. The number of nitrogens with one attached hydrogen (secondary N) is 2. The summed E-state index contributed by atoms with van der Waals surface area (Å²) in [5.41, 5.74) is 4.67. The van der Waals surface area contributed by atoms with E-state index < -0.39 is 18.0 Å². The molecule has 2 aromatic carbocycles. The molecule has 174 valence electrons. The van der Waals surface area contributed by atoms with Crippen molar-refractivity contribution in [2.75, 3.05) is 13.2 Å². The van der Waals surface area contributed by atoms with Gasteiger partial charge in [0.05, 0.1) is 5.92 Å². The summed E-state index contributed by atoms with van der Waals surface area (Å²) in [5.74, 6) is -1.53. The highest BCUT2D eigenvalue weighted by Crippen LogP contribution is 2.44. The van der Waals surface area contributed by atoms with Gasteiger partial charge in [-0.05, 0) is 41.5 Å². The summed E-state index contributed by atoms with van der Waals surface area (Å²) >= 11 is 0. The zero-order valence-electron chi connectivity index (χ0n) is 18.6. The molecule has 2 amide bonds. The number of amides is 2. The highest BCUT2D eigenvalue weighted by molar-refractivity contribution is 5.79. The van der Waals surface area contributed by atoms with Crippen LogP contribution in [0.25, 0.3) is 11.1 Å². The molecule has 7 nitrogen and oxygen atoms in total. The van der Waals surface area contributed by atoms with E-state index in [-0.39, 0.29) is 30.9 Å². The number of ether oxygens (including phenoxy) is 1. The van der Waals surface area contributed by atoms with Gasteiger partial charge in [0.15, 0.2) is 0 Å². The molecule has 0 aliphatic heterocycles. The lowest BCUT2D eigenvalue weighted by atomic mass is 9.84. The molecule has 0 heterocycles. The monoisotopic (exact) mass is 450 g/mol. The Kier molecular flexibility index (Phi) is 7.27. The summed E-state index contributed by atoms with van der Waals surface area (Å²) < 4.78 is 5.49. The van der Waals surface area contributed by atoms with Crippen LogP contribution >= 0.6 is 0 Å². The van der Waals surface area contributed by atoms with Crippen LogP contribution in [0.1, 0.15) is 55.6 Å². The predicted octanol–water partition coefficient (Wildman–Crippen LogP) is 4.06. The molecule has 2 unspecified atom stereocenters. The number of aliphatic carboxylic acids is 1. The molecule has 3 N–H and O–H groups in total. The summed E-state index contributed by atoms with van der Waals surface area (Å²) in [6, 6.07) is 16.0. The number of carbonyl (C=O) groups excluding carboxylic acids is 2. The van der Waals surface area contributed by atoms with Crippen LogP contribution in [-0.2, 0) is 14.3 Å². The minimum absolute atomic E-state index is 0.00611. The minimum atomic E-state index is -0.850. The summed E-state index contributed by atoms with van der Waals surface area (Å²) in [4.78, 5) is 35.8. The molecular weight excluding hydrogens is 420 g/mol. The maximum atomic E-state index is 12.2. The van der Waals surface area contributed by atoms with Gasteiger partial charge < -0.3 is 20.5 Å². The quantitative estimate of drug-likeness (QED) is 0.526. The van der Waals surface area contributed by atoms with Gasteiger partial charge >= 0.3 is 12.1 Å². The molecule has 0 aromatic heterocycles. The van der Waals surface area contributed by atoms with Crippen LogP contribution in [0, 0.1) is 5.92 Å². The number of alkyl carbamates (subject to hydrolysis) is 1. The van der Waals surface area contributed by atoms with E-state index in [0.717, 1.165) is 24.0 Å². The normalized spacial score (nSPS) is 19.3. The Morgan fingerprint density at radius 3 is 2.24 bits per heavy atom. The number of rotatable bonds is 8. The van der Waals surface area contributed by atoms with Crippen LogP contribution in [0.2, 0.25) is 0 Å². The van der Waals surface area contributed by atoms with Gasteiger partial charge in [-0.3, -0.25) is 9.59 Å². The second-order valence-electron chi connectivity index (χ2n) is 8.76. The molecule has 0 bridgehead atoms. The fourth-order valence-electron chi connectivity index (χ4n) is 4.97. The molecule has 7 heteroatoms. The van der Waals surface area contributed by atoms with E-state index in [1.165, 1.54) is 11.1 Å². The van der Waals surface area contributed by atoms with E-state index in [4.69, 9.17) is 4.74 Å². The molecule has 2 aliphatic carbocycles. The molecule has 0 spiro atoms. The van der Waals surface area contributed by atoms with Crippen molar-refractivity contribution in [3.8, 4) is 11.1 Å². The van der Waals surface area contributed by atoms with Crippen LogP contribution in [0.3, 0.4) is 0 Å². The van der Waals surface area contributed by atoms with Crippen LogP contribution in [0.5, 0.6) is 0 Å². The van der Waals surface area contributed by atoms with E-state index in [1.807, 2.05) is 24.3 Å². The summed E-state index contributed by atoms with van der Waals surface area (Å²) in [5, 5.41) is 14.9. The van der Waals surface area contributed by atoms with Gasteiger partial charge in [0.1, 0.15) is 6.61 Å². The van der Waals surface area contributed by atoms with Crippen molar-refractivity contribution >= 4 is 18.0 Å². The third-order valence-corrected chi connectivity index (χ3v) is 6.62. The summed E-state index contributed by atoms with van der Waals surface area (Å²) in [6.45, 7) is 0.565. The largest absolute Gasteiger partial charge is 0.481 e. The van der Waals surface area contributed by atoms with E-state index in [9.17, 15) is 19.5 Å². The number of hydrogen-bond acceptors (Lipinski definition) is 4. The first-order chi connectivity index (χ1) is 16.0. The molecule has 0 radical (unpaired) electrons. The third-order valence-electron chi connectivity index (χ3n) is 6.62. The summed E-state index contributed by atoms with van der Waals surface area (Å²) in [7, 11) is 0. The SMILES string of the molecule is O=C(CCCNC(=O)OCC1c2ccccc2-c2ccccc21)NC1CCCCC1C(=O)O. The zero-order valence-corrected chi connectivity index (χ0v) is 18.6. The Morgan fingerprint density at radius 1 is 0.939 bits per heavy atom. The lowest BCUT2D eigenvalue weighted by Gasteiger charge is -2.29. The Morgan fingerprint density at radius 2 is 1.58 bits per heavy atom. The average molecular weight is 451 g/mol. The number of hydrogen-bond donors (Lipinski definition) is 3. The smallest absolute Gasteiger partial charge is 0.407 e. The van der Waals surface area contributed by atoms with E-state index in [0.29, 0.717) is 25.8 Å². The highest BCUT2D eigenvalue weighted by atomic mass is 16.5. The standard InChI is InChI=1S/C26H30N2O5/c29-24(28-23-13-6-5-12-21(23)25(30)31)14-7-15-27-26(32)33-16-22-19-10-3-1-8-17(19)18-9-2-4-11-20(18)22/h1-4,8-11,21-23H,5-7,12-16H2,(H,27,32)(H,28,29)(H,30,31). The van der Waals surface area contributed by atoms with Crippen LogP contribution < -0.4 is 10.6 Å². The fraction of sp³-hybridized carbons (Fsp3) is 0.423. The van der Waals surface area contributed by atoms with Crippen molar-refractivity contribution in [1.29, 1.82) is 0 Å². The fourth-order valence-corrected chi connectivity index (χ4v) is 4.97. The number of fused-ring (bicyclic) bond motifs is 3. The minimum Gasteiger partial charge on any atom is -0.481 e. The molecule has 2 aliphatic rings. The first-order valence-corrected chi connectivity index (χ1v) is 11.7. The lowest BCUT2D eigenvalue weighted by molar-refractivity contribution is -0.144. The molecule has 1 fully saturated rings. The zero-order chi connectivity index (χ0) is 23.2. The van der Waals surface area contributed by atoms with E-state index >= 15 is 0 Å². The first-order valence-electron chi connectivity index (χ1n) is 11.7. The molecular formula is C26H30N2O5. The van der Waals surface area contributed by atoms with Gasteiger partial charge in [0.25, 0.3) is 0 Å². The molecule has 4 rings (SSSR count). The molecule has 33 heavy (non-hydrogen) atoms. The van der Waals surface area contributed by atoms with Crippen LogP contribution in [0.15, 0.2) is 48.5 Å². The second kappa shape index (κ2) is 10.5. The van der Waals surface area contributed by atoms with Gasteiger partial charge in [-0.25, -0.2) is 4.79 Å². The topological polar surface area (TPSA) is 105 Å². The highest BCUT2D eigenvalue weighted by Gasteiger charge is 2.32. The van der Waals surface area contributed by atoms with Gasteiger partial charge in [0.2, 0.25) is 5.91 Å². The van der Waals surface area contributed by atoms with Crippen LogP contribution in [0.4, 0.5) is 4.79 Å². The molecule has 2 atom stereocenters. The Bertz CT molecular complexity index is 976. The van der Waals surface area contributed by atoms with Gasteiger partial charge in [-0.1, -0.05) is 61.4 Å². The number of carboxylic acid groups (broad SMARTS) is 1. The number of carbonyl (C=O) groups is 3. The van der Waals surface area contributed by atoms with Crippen molar-refractivity contribution in [2.45, 2.75) is 50.5 Å². The van der Waals surface area contributed by atoms with E-state index in [1.54, 1.807) is 0 Å². The Labute approximate surface area is 193 Å². The maximum absolute atomic E-state index is 12.2. The number of benzene rings is 2. The first kappa shape index (κ1) is 22.8. The van der Waals surface area contributed by atoms with Gasteiger partial charge in [-0.2, -0.15) is 0 Å². The van der Waals surface area contributed by atoms with Crippen molar-refractivity contribution in [3.63, 3.8) is 0 Å². The van der Waals surface area contributed by atoms with Gasteiger partial charge in [0, 0.05) is 24.9 Å². The molecule has 0 saturated heterocycles. The summed E-state index contributed by atoms with van der Waals surface area (Å²) in [6.07, 6.45) is 3.29. The van der Waals surface area contributed by atoms with Crippen molar-refractivity contribution < 1.29 is 24.2 Å². The lowest BCUT2D eigenvalue weighted by Crippen LogP contribution is -2.45. The molecule has 2 aromatic rings. The number of carboxylic acids is 1. The van der Waals surface area contributed by atoms with Gasteiger partial charge in [-0.15, -0.1) is 0 Å². The van der Waals surface area contributed by atoms with Crippen molar-refractivity contribution in [2.24, 2.45) is 5.92 Å². The van der Waals surface area contributed by atoms with Crippen LogP contribution in [-0.4, -0.2) is 42.3 Å².